The van der Waals surface area contributed by atoms with Crippen LogP contribution in [0.1, 0.15) is 25.0 Å². The lowest BCUT2D eigenvalue weighted by Gasteiger charge is -2.21. The molecule has 18 heavy (non-hydrogen) atoms. The molecule has 3 heteroatoms. The molecule has 98 valence electrons. The summed E-state index contributed by atoms with van der Waals surface area (Å²) in [5, 5.41) is 12.2. The maximum absolute atomic E-state index is 12.2. The lowest BCUT2D eigenvalue weighted by atomic mass is 10.0. The third kappa shape index (κ3) is 2.72. The Hall–Kier alpha value is -1.35. The fourth-order valence-corrected chi connectivity index (χ4v) is 2.47. The third-order valence-corrected chi connectivity index (χ3v) is 3.75. The Morgan fingerprint density at radius 1 is 1.33 bits per heavy atom. The van der Waals surface area contributed by atoms with Crippen LogP contribution in [0.3, 0.4) is 0 Å². The summed E-state index contributed by atoms with van der Waals surface area (Å²) in [6, 6.07) is 8.08. The molecule has 0 bridgehead atoms. The second-order valence-corrected chi connectivity index (χ2v) is 5.42. The van der Waals surface area contributed by atoms with Crippen molar-refractivity contribution in [3.05, 3.63) is 35.4 Å². The molecule has 1 aliphatic carbocycles. The van der Waals surface area contributed by atoms with Crippen molar-refractivity contribution >= 4 is 5.91 Å². The number of carbonyl (C=O) groups is 1. The SMILES string of the molecule is CC(C)[C@@H](CO)NC(=O)C1Cc2ccccc2C1. The van der Waals surface area contributed by atoms with Crippen molar-refractivity contribution in [2.75, 3.05) is 6.61 Å². The van der Waals surface area contributed by atoms with E-state index in [1.807, 2.05) is 26.0 Å². The number of fused-ring (bicyclic) bond motifs is 1. The Kier molecular flexibility index (Phi) is 4.02. The maximum Gasteiger partial charge on any atom is 0.224 e. The molecular weight excluding hydrogens is 226 g/mol. The van der Waals surface area contributed by atoms with Gasteiger partial charge in [-0.1, -0.05) is 38.1 Å². The zero-order chi connectivity index (χ0) is 13.1. The number of carbonyl (C=O) groups excluding carboxylic acids is 1. The molecule has 2 N–H and O–H groups in total. The first-order chi connectivity index (χ1) is 8.61. The van der Waals surface area contributed by atoms with Crippen molar-refractivity contribution in [3.63, 3.8) is 0 Å². The Bertz CT molecular complexity index is 403. The second-order valence-electron chi connectivity index (χ2n) is 5.42. The Balaban J connectivity index is 1.97. The lowest BCUT2D eigenvalue weighted by Crippen LogP contribution is -2.44. The van der Waals surface area contributed by atoms with Gasteiger partial charge in [0, 0.05) is 5.92 Å². The van der Waals surface area contributed by atoms with Gasteiger partial charge in [0.15, 0.2) is 0 Å². The average Bonchev–Trinajstić information content (AvgIpc) is 2.79. The molecule has 0 radical (unpaired) electrons. The molecule has 0 fully saturated rings. The van der Waals surface area contributed by atoms with Crippen LogP contribution in [0, 0.1) is 11.8 Å². The quantitative estimate of drug-likeness (QED) is 0.848. The molecule has 2 rings (SSSR count). The molecular formula is C15H21NO2. The number of aliphatic hydroxyl groups is 1. The molecule has 1 aliphatic rings. The summed E-state index contributed by atoms with van der Waals surface area (Å²) in [4.78, 5) is 12.2. The minimum Gasteiger partial charge on any atom is -0.394 e. The highest BCUT2D eigenvalue weighted by Gasteiger charge is 2.28. The lowest BCUT2D eigenvalue weighted by molar-refractivity contribution is -0.126. The van der Waals surface area contributed by atoms with E-state index in [2.05, 4.69) is 17.4 Å². The maximum atomic E-state index is 12.2. The number of hydrogen-bond donors (Lipinski definition) is 2. The van der Waals surface area contributed by atoms with Crippen LogP contribution in [-0.2, 0) is 17.6 Å². The molecule has 0 aliphatic heterocycles. The predicted octanol–water partition coefficient (Wildman–Crippen LogP) is 1.53. The molecule has 0 spiro atoms. The first-order valence-corrected chi connectivity index (χ1v) is 6.59. The van der Waals surface area contributed by atoms with Gasteiger partial charge in [0.1, 0.15) is 0 Å². The number of rotatable bonds is 4. The highest BCUT2D eigenvalue weighted by molar-refractivity contribution is 5.80. The smallest absolute Gasteiger partial charge is 0.224 e. The Morgan fingerprint density at radius 2 is 1.89 bits per heavy atom. The molecule has 1 aromatic rings. The molecule has 0 unspecified atom stereocenters. The first kappa shape index (κ1) is 13.1. The minimum absolute atomic E-state index is 0.00305. The average molecular weight is 247 g/mol. The van der Waals surface area contributed by atoms with Crippen molar-refractivity contribution < 1.29 is 9.90 Å². The van der Waals surface area contributed by atoms with E-state index in [1.54, 1.807) is 0 Å². The normalized spacial score (nSPS) is 16.7. The summed E-state index contributed by atoms with van der Waals surface area (Å²) >= 11 is 0. The van der Waals surface area contributed by atoms with Crippen molar-refractivity contribution in [2.45, 2.75) is 32.7 Å². The number of aliphatic hydroxyl groups excluding tert-OH is 1. The van der Waals surface area contributed by atoms with E-state index in [-0.39, 0.29) is 30.4 Å². The zero-order valence-electron chi connectivity index (χ0n) is 11.0. The number of benzene rings is 1. The summed E-state index contributed by atoms with van der Waals surface area (Å²) in [7, 11) is 0. The van der Waals surface area contributed by atoms with E-state index in [9.17, 15) is 9.90 Å². The van der Waals surface area contributed by atoms with E-state index >= 15 is 0 Å². The van der Waals surface area contributed by atoms with Crippen LogP contribution in [0.5, 0.6) is 0 Å². The van der Waals surface area contributed by atoms with Crippen LogP contribution < -0.4 is 5.32 Å². The molecule has 0 heterocycles. The highest BCUT2D eigenvalue weighted by Crippen LogP contribution is 2.26. The number of nitrogens with one attached hydrogen (secondary N) is 1. The van der Waals surface area contributed by atoms with E-state index in [0.717, 1.165) is 12.8 Å². The van der Waals surface area contributed by atoms with Gasteiger partial charge in [-0.15, -0.1) is 0 Å². The molecule has 1 amide bonds. The van der Waals surface area contributed by atoms with E-state index in [4.69, 9.17) is 0 Å². The van der Waals surface area contributed by atoms with Gasteiger partial charge in [0.05, 0.1) is 12.6 Å². The first-order valence-electron chi connectivity index (χ1n) is 6.59. The molecule has 0 aromatic heterocycles. The van der Waals surface area contributed by atoms with Crippen molar-refractivity contribution in [2.24, 2.45) is 11.8 Å². The van der Waals surface area contributed by atoms with Crippen LogP contribution in [0.15, 0.2) is 24.3 Å². The van der Waals surface area contributed by atoms with Gasteiger partial charge in [0.2, 0.25) is 5.91 Å². The van der Waals surface area contributed by atoms with Crippen LogP contribution in [0.25, 0.3) is 0 Å². The fraction of sp³-hybridized carbons (Fsp3) is 0.533. The van der Waals surface area contributed by atoms with Gasteiger partial charge in [-0.25, -0.2) is 0 Å². The predicted molar refractivity (Wildman–Crippen MR) is 71.2 cm³/mol. The number of amides is 1. The summed E-state index contributed by atoms with van der Waals surface area (Å²) < 4.78 is 0. The van der Waals surface area contributed by atoms with Gasteiger partial charge >= 0.3 is 0 Å². The van der Waals surface area contributed by atoms with E-state index in [0.29, 0.717) is 0 Å². The van der Waals surface area contributed by atoms with Crippen molar-refractivity contribution in [1.29, 1.82) is 0 Å². The van der Waals surface area contributed by atoms with Crippen LogP contribution in [0.4, 0.5) is 0 Å². The second kappa shape index (κ2) is 5.53. The number of hydrogen-bond acceptors (Lipinski definition) is 2. The van der Waals surface area contributed by atoms with Gasteiger partial charge in [-0.3, -0.25) is 4.79 Å². The van der Waals surface area contributed by atoms with E-state index < -0.39 is 0 Å². The van der Waals surface area contributed by atoms with Gasteiger partial charge in [-0.2, -0.15) is 0 Å². The standard InChI is InChI=1S/C15H21NO2/c1-10(2)14(9-17)16-15(18)13-7-11-5-3-4-6-12(11)8-13/h3-6,10,13-14,17H,7-9H2,1-2H3,(H,16,18)/t14-/m1/s1. The van der Waals surface area contributed by atoms with Gasteiger partial charge in [-0.05, 0) is 29.9 Å². The van der Waals surface area contributed by atoms with Crippen LogP contribution >= 0.6 is 0 Å². The zero-order valence-corrected chi connectivity index (χ0v) is 11.0. The largest absolute Gasteiger partial charge is 0.394 e. The van der Waals surface area contributed by atoms with Gasteiger partial charge in [0.25, 0.3) is 0 Å². The van der Waals surface area contributed by atoms with Gasteiger partial charge < -0.3 is 10.4 Å². The van der Waals surface area contributed by atoms with E-state index in [1.165, 1.54) is 11.1 Å². The molecule has 3 nitrogen and oxygen atoms in total. The van der Waals surface area contributed by atoms with Crippen LogP contribution in [-0.4, -0.2) is 23.7 Å². The third-order valence-electron chi connectivity index (χ3n) is 3.75. The summed E-state index contributed by atoms with van der Waals surface area (Å²) in [6.45, 7) is 4.01. The van der Waals surface area contributed by atoms with Crippen molar-refractivity contribution in [1.82, 2.24) is 5.32 Å². The molecule has 0 saturated carbocycles. The summed E-state index contributed by atoms with van der Waals surface area (Å²) in [5.74, 6) is 0.344. The molecule has 1 atom stereocenters. The highest BCUT2D eigenvalue weighted by atomic mass is 16.3. The Labute approximate surface area is 108 Å². The van der Waals surface area contributed by atoms with Crippen LogP contribution in [0.2, 0.25) is 0 Å². The van der Waals surface area contributed by atoms with Crippen molar-refractivity contribution in [3.8, 4) is 0 Å². The molecule has 1 aromatic carbocycles. The molecule has 0 saturated heterocycles. The summed E-state index contributed by atoms with van der Waals surface area (Å²) in [5.41, 5.74) is 2.56. The topological polar surface area (TPSA) is 49.3 Å². The summed E-state index contributed by atoms with van der Waals surface area (Å²) in [6.07, 6.45) is 1.64. The Morgan fingerprint density at radius 3 is 2.33 bits per heavy atom. The fourth-order valence-electron chi connectivity index (χ4n) is 2.47. The monoisotopic (exact) mass is 247 g/mol. The minimum atomic E-state index is -0.138.